The number of likely N-dealkylation sites (tertiary alicyclic amines) is 2. The highest BCUT2D eigenvalue weighted by Gasteiger charge is 2.42. The van der Waals surface area contributed by atoms with E-state index in [-0.39, 0.29) is 17.9 Å². The molecule has 3 atom stereocenters. The lowest BCUT2D eigenvalue weighted by molar-refractivity contribution is -0.145. The Bertz CT molecular complexity index is 843. The second-order valence-electron chi connectivity index (χ2n) is 8.14. The van der Waals surface area contributed by atoms with Crippen LogP contribution in [0.5, 0.6) is 0 Å². The predicted molar refractivity (Wildman–Crippen MR) is 116 cm³/mol. The van der Waals surface area contributed by atoms with Gasteiger partial charge in [-0.25, -0.2) is 4.98 Å². The summed E-state index contributed by atoms with van der Waals surface area (Å²) in [5.41, 5.74) is 1.23. The molecular weight excluding hydrogens is 398 g/mol. The van der Waals surface area contributed by atoms with E-state index in [4.69, 9.17) is 0 Å². The van der Waals surface area contributed by atoms with Gasteiger partial charge in [0.25, 0.3) is 0 Å². The van der Waals surface area contributed by atoms with Crippen molar-refractivity contribution in [2.75, 3.05) is 13.1 Å². The Hall–Kier alpha value is -2.25. The van der Waals surface area contributed by atoms with E-state index in [1.165, 1.54) is 16.9 Å². The number of rotatable bonds is 7. The van der Waals surface area contributed by atoms with Crippen molar-refractivity contribution in [2.24, 2.45) is 0 Å². The Morgan fingerprint density at radius 1 is 1.13 bits per heavy atom. The van der Waals surface area contributed by atoms with Gasteiger partial charge in [0.15, 0.2) is 0 Å². The van der Waals surface area contributed by atoms with Gasteiger partial charge in [-0.05, 0) is 44.1 Å². The number of aliphatic hydroxyl groups is 1. The maximum atomic E-state index is 13.3. The Labute approximate surface area is 181 Å². The van der Waals surface area contributed by atoms with E-state index >= 15 is 0 Å². The van der Waals surface area contributed by atoms with Gasteiger partial charge >= 0.3 is 0 Å². The first-order chi connectivity index (χ1) is 14.6. The SMILES string of the molecule is O=C(CCCc1ccccc1)N1CCC[C@H]1C(=O)N1CCC[C@H]1C(O)c1nccs1. The molecule has 6 nitrogen and oxygen atoms in total. The van der Waals surface area contributed by atoms with Gasteiger partial charge in [-0.15, -0.1) is 11.3 Å². The van der Waals surface area contributed by atoms with E-state index in [1.54, 1.807) is 16.0 Å². The Morgan fingerprint density at radius 2 is 1.90 bits per heavy atom. The van der Waals surface area contributed by atoms with E-state index in [0.29, 0.717) is 30.9 Å². The summed E-state index contributed by atoms with van der Waals surface area (Å²) in [6.45, 7) is 1.28. The van der Waals surface area contributed by atoms with Crippen LogP contribution in [0.4, 0.5) is 0 Å². The Morgan fingerprint density at radius 3 is 2.67 bits per heavy atom. The van der Waals surface area contributed by atoms with Gasteiger partial charge < -0.3 is 14.9 Å². The normalized spacial score (nSPS) is 22.4. The molecule has 0 bridgehead atoms. The fourth-order valence-electron chi connectivity index (χ4n) is 4.68. The molecule has 2 fully saturated rings. The van der Waals surface area contributed by atoms with Crippen molar-refractivity contribution in [3.8, 4) is 0 Å². The molecule has 0 spiro atoms. The van der Waals surface area contributed by atoms with Crippen LogP contribution < -0.4 is 0 Å². The number of nitrogens with zero attached hydrogens (tertiary/aromatic N) is 3. The van der Waals surface area contributed by atoms with E-state index in [2.05, 4.69) is 17.1 Å². The number of amides is 2. The first kappa shape index (κ1) is 21.0. The zero-order valence-corrected chi connectivity index (χ0v) is 18.0. The molecule has 2 saturated heterocycles. The minimum absolute atomic E-state index is 0.0120. The minimum Gasteiger partial charge on any atom is -0.384 e. The van der Waals surface area contributed by atoms with Gasteiger partial charge in [0.2, 0.25) is 11.8 Å². The number of hydrogen-bond acceptors (Lipinski definition) is 5. The van der Waals surface area contributed by atoms with Crippen LogP contribution >= 0.6 is 11.3 Å². The quantitative estimate of drug-likeness (QED) is 0.737. The molecule has 1 N–H and O–H groups in total. The van der Waals surface area contributed by atoms with Crippen LogP contribution in [-0.2, 0) is 16.0 Å². The third-order valence-electron chi connectivity index (χ3n) is 6.21. The average Bonchev–Trinajstić information content (AvgIpc) is 3.55. The smallest absolute Gasteiger partial charge is 0.245 e. The molecule has 0 aliphatic carbocycles. The number of aryl methyl sites for hydroxylation is 1. The van der Waals surface area contributed by atoms with Crippen molar-refractivity contribution in [3.63, 3.8) is 0 Å². The molecule has 2 aliphatic heterocycles. The lowest BCUT2D eigenvalue weighted by Gasteiger charge is -2.33. The number of aromatic nitrogens is 1. The molecule has 0 radical (unpaired) electrons. The largest absolute Gasteiger partial charge is 0.384 e. The van der Waals surface area contributed by atoms with E-state index in [0.717, 1.165) is 32.1 Å². The number of hydrogen-bond donors (Lipinski definition) is 1. The molecule has 2 aromatic rings. The highest BCUT2D eigenvalue weighted by Crippen LogP contribution is 2.32. The van der Waals surface area contributed by atoms with Crippen molar-refractivity contribution in [2.45, 2.75) is 63.1 Å². The van der Waals surface area contributed by atoms with Gasteiger partial charge in [-0.2, -0.15) is 0 Å². The summed E-state index contributed by atoms with van der Waals surface area (Å²) in [5.74, 6) is 0.0556. The lowest BCUT2D eigenvalue weighted by Crippen LogP contribution is -2.50. The van der Waals surface area contributed by atoms with Crippen LogP contribution in [-0.4, -0.2) is 56.9 Å². The molecule has 4 rings (SSSR count). The molecule has 1 aromatic heterocycles. The zero-order chi connectivity index (χ0) is 20.9. The number of carbonyl (C=O) groups is 2. The molecule has 160 valence electrons. The number of aliphatic hydroxyl groups excluding tert-OH is 1. The number of benzene rings is 1. The topological polar surface area (TPSA) is 73.7 Å². The summed E-state index contributed by atoms with van der Waals surface area (Å²) in [5, 5.41) is 13.2. The third-order valence-corrected chi connectivity index (χ3v) is 7.05. The fourth-order valence-corrected chi connectivity index (χ4v) is 5.36. The lowest BCUT2D eigenvalue weighted by atomic mass is 10.1. The van der Waals surface area contributed by atoms with Crippen LogP contribution in [0.15, 0.2) is 41.9 Å². The second kappa shape index (κ2) is 9.71. The first-order valence-corrected chi connectivity index (χ1v) is 11.7. The molecule has 30 heavy (non-hydrogen) atoms. The van der Waals surface area contributed by atoms with Crippen molar-refractivity contribution in [3.05, 3.63) is 52.5 Å². The number of thiazole rings is 1. The first-order valence-electron chi connectivity index (χ1n) is 10.9. The molecule has 0 saturated carbocycles. The van der Waals surface area contributed by atoms with Gasteiger partial charge in [-0.1, -0.05) is 30.3 Å². The molecule has 7 heteroatoms. The summed E-state index contributed by atoms with van der Waals surface area (Å²) in [7, 11) is 0. The monoisotopic (exact) mass is 427 g/mol. The van der Waals surface area contributed by atoms with E-state index in [1.807, 2.05) is 23.6 Å². The van der Waals surface area contributed by atoms with E-state index < -0.39 is 12.1 Å². The van der Waals surface area contributed by atoms with Crippen LogP contribution in [0, 0.1) is 0 Å². The standard InChI is InChI=1S/C23H29N3O3S/c27-20(12-4-9-17-7-2-1-3-8-17)25-14-6-11-19(25)23(29)26-15-5-10-18(26)21(28)22-24-13-16-30-22/h1-3,7-8,13,16,18-19,21,28H,4-6,9-12,14-15H2/t18-,19-,21?/m0/s1. The molecule has 1 unspecified atom stereocenters. The molecule has 3 heterocycles. The van der Waals surface area contributed by atoms with Gasteiger partial charge in [0.1, 0.15) is 17.2 Å². The van der Waals surface area contributed by atoms with Crippen molar-refractivity contribution < 1.29 is 14.7 Å². The Kier molecular flexibility index (Phi) is 6.79. The predicted octanol–water partition coefficient (Wildman–Crippen LogP) is 3.18. The van der Waals surface area contributed by atoms with Crippen LogP contribution in [0.3, 0.4) is 0 Å². The van der Waals surface area contributed by atoms with Crippen molar-refractivity contribution >= 4 is 23.2 Å². The van der Waals surface area contributed by atoms with Crippen molar-refractivity contribution in [1.82, 2.24) is 14.8 Å². The average molecular weight is 428 g/mol. The van der Waals surface area contributed by atoms with Gasteiger partial charge in [0, 0.05) is 31.1 Å². The molecule has 2 amide bonds. The number of carbonyl (C=O) groups excluding carboxylic acids is 2. The maximum Gasteiger partial charge on any atom is 0.245 e. The zero-order valence-electron chi connectivity index (χ0n) is 17.2. The maximum absolute atomic E-state index is 13.3. The van der Waals surface area contributed by atoms with Gasteiger partial charge in [-0.3, -0.25) is 9.59 Å². The molecule has 1 aromatic carbocycles. The molecule has 2 aliphatic rings. The summed E-state index contributed by atoms with van der Waals surface area (Å²) >= 11 is 1.41. The Balaban J connectivity index is 1.36. The van der Waals surface area contributed by atoms with Crippen LogP contribution in [0.2, 0.25) is 0 Å². The second-order valence-corrected chi connectivity index (χ2v) is 9.07. The summed E-state index contributed by atoms with van der Waals surface area (Å²) in [6, 6.07) is 9.53. The third kappa shape index (κ3) is 4.57. The summed E-state index contributed by atoms with van der Waals surface area (Å²) in [4.78, 5) is 34.0. The highest BCUT2D eigenvalue weighted by atomic mass is 32.1. The highest BCUT2D eigenvalue weighted by molar-refractivity contribution is 7.09. The summed E-state index contributed by atoms with van der Waals surface area (Å²) in [6.07, 6.45) is 6.24. The minimum atomic E-state index is -0.757. The summed E-state index contributed by atoms with van der Waals surface area (Å²) < 4.78 is 0. The van der Waals surface area contributed by atoms with Crippen LogP contribution in [0.25, 0.3) is 0 Å². The fraction of sp³-hybridized carbons (Fsp3) is 0.522. The van der Waals surface area contributed by atoms with Gasteiger partial charge in [0.05, 0.1) is 6.04 Å². The van der Waals surface area contributed by atoms with Crippen LogP contribution in [0.1, 0.15) is 55.2 Å². The van der Waals surface area contributed by atoms with E-state index in [9.17, 15) is 14.7 Å². The van der Waals surface area contributed by atoms with Crippen molar-refractivity contribution in [1.29, 1.82) is 0 Å². The molecular formula is C23H29N3O3S.